The molecule has 2 unspecified atom stereocenters. The molecule has 14 heteroatoms. The van der Waals surface area contributed by atoms with Gasteiger partial charge in [-0.3, -0.25) is 0 Å². The maximum absolute atomic E-state index is 16.0. The number of nitrogens with zero attached hydrogens (tertiary/aromatic N) is 2. The van der Waals surface area contributed by atoms with Crippen LogP contribution in [0.2, 0.25) is 0 Å². The van der Waals surface area contributed by atoms with E-state index in [2.05, 4.69) is 69.3 Å². The maximum Gasteiger partial charge on any atom is 0.324 e. The summed E-state index contributed by atoms with van der Waals surface area (Å²) in [6.07, 6.45) is 1.18. The Hall–Kier alpha value is -7.14. The van der Waals surface area contributed by atoms with E-state index in [9.17, 15) is 0 Å². The SMILES string of the molecule is Cc1ccc(S(=O)(=O)N(CC2(C)CC(N(p3oc4ccc5ccccc5c4c4c(ccc5ccccc54)o3)S(=O)(=O)c3ccc(C)cc3)CC(C)(C)C2)p2oc3ccc4ccccc4c3c3c(ccc4ccccc43)o2)cc1. The molecule has 78 heavy (non-hydrogen) atoms. The molecule has 12 aromatic rings. The van der Waals surface area contributed by atoms with E-state index in [0.29, 0.717) is 35.2 Å². The average molecular weight is 1110 g/mol. The predicted octanol–water partition coefficient (Wildman–Crippen LogP) is 18.1. The van der Waals surface area contributed by atoms with Crippen molar-refractivity contribution in [2.24, 2.45) is 10.8 Å². The van der Waals surface area contributed by atoms with Gasteiger partial charge in [0.05, 0.1) is 9.79 Å². The number of sulfonamides is 2. The van der Waals surface area contributed by atoms with E-state index >= 15 is 16.8 Å². The van der Waals surface area contributed by atoms with Gasteiger partial charge in [-0.25, -0.2) is 16.8 Å². The molecule has 0 spiro atoms. The zero-order chi connectivity index (χ0) is 53.7. The van der Waals surface area contributed by atoms with Crippen LogP contribution in [0, 0.1) is 24.7 Å². The van der Waals surface area contributed by atoms with Crippen molar-refractivity contribution in [2.75, 3.05) is 14.7 Å². The molecule has 392 valence electrons. The van der Waals surface area contributed by atoms with E-state index in [0.717, 1.165) is 75.8 Å². The molecular weight excluding hydrogens is 1050 g/mol. The lowest BCUT2D eigenvalue weighted by Crippen LogP contribution is -2.51. The molecule has 2 aromatic heterocycles. The van der Waals surface area contributed by atoms with E-state index < -0.39 is 53.2 Å². The first kappa shape index (κ1) is 50.4. The van der Waals surface area contributed by atoms with Crippen LogP contribution in [0.3, 0.4) is 0 Å². The highest BCUT2D eigenvalue weighted by Gasteiger charge is 2.50. The van der Waals surface area contributed by atoms with Crippen LogP contribution >= 0.6 is 16.3 Å². The predicted molar refractivity (Wildman–Crippen MR) is 320 cm³/mol. The first-order valence-electron chi connectivity index (χ1n) is 26.1. The van der Waals surface area contributed by atoms with Crippen molar-refractivity contribution in [1.29, 1.82) is 0 Å². The van der Waals surface area contributed by atoms with Gasteiger partial charge in [-0.1, -0.05) is 186 Å². The van der Waals surface area contributed by atoms with Gasteiger partial charge in [0.2, 0.25) is 0 Å². The van der Waals surface area contributed by atoms with Crippen LogP contribution in [0.5, 0.6) is 0 Å². The second kappa shape index (κ2) is 19.1. The fourth-order valence-corrected chi connectivity index (χ4v) is 19.8. The van der Waals surface area contributed by atoms with Crippen LogP contribution in [0.1, 0.15) is 51.2 Å². The summed E-state index contributed by atoms with van der Waals surface area (Å²) in [5.41, 5.74) is 2.35. The molecule has 1 aliphatic rings. The summed E-state index contributed by atoms with van der Waals surface area (Å²) < 4.78 is 95.0. The van der Waals surface area contributed by atoms with Crippen LogP contribution < -0.4 is 8.15 Å². The molecule has 0 radical (unpaired) electrons. The normalized spacial score (nSPS) is 17.1. The van der Waals surface area contributed by atoms with Gasteiger partial charge in [0.1, 0.15) is 22.3 Å². The van der Waals surface area contributed by atoms with Crippen LogP contribution in [-0.2, 0) is 20.0 Å². The van der Waals surface area contributed by atoms with E-state index in [1.54, 1.807) is 48.5 Å². The van der Waals surface area contributed by atoms with E-state index in [1.165, 1.54) is 8.15 Å². The lowest BCUT2D eigenvalue weighted by Gasteiger charge is -2.49. The fourth-order valence-electron chi connectivity index (χ4n) is 12.4. The van der Waals surface area contributed by atoms with Crippen LogP contribution in [0.25, 0.3) is 87.0 Å². The van der Waals surface area contributed by atoms with Gasteiger partial charge >= 0.3 is 16.3 Å². The highest BCUT2D eigenvalue weighted by atomic mass is 32.2. The highest BCUT2D eigenvalue weighted by molar-refractivity contribution is 7.98. The van der Waals surface area contributed by atoms with Gasteiger partial charge in [0.25, 0.3) is 20.0 Å². The molecule has 2 atom stereocenters. The molecule has 13 rings (SSSR count). The highest BCUT2D eigenvalue weighted by Crippen LogP contribution is 2.55. The summed E-state index contributed by atoms with van der Waals surface area (Å²) >= 11 is 0. The lowest BCUT2D eigenvalue weighted by atomic mass is 9.63. The van der Waals surface area contributed by atoms with E-state index in [-0.39, 0.29) is 22.8 Å². The third kappa shape index (κ3) is 8.80. The average Bonchev–Trinajstić information content (AvgIpc) is 3.91. The van der Waals surface area contributed by atoms with Gasteiger partial charge in [-0.15, -0.1) is 0 Å². The molecule has 1 aliphatic carbocycles. The van der Waals surface area contributed by atoms with E-state index in [1.807, 2.05) is 111 Å². The fraction of sp³-hybridized carbons (Fsp3) is 0.188. The van der Waals surface area contributed by atoms with Gasteiger partial charge in [0.15, 0.2) is 0 Å². The van der Waals surface area contributed by atoms with Gasteiger partial charge in [0, 0.05) is 34.1 Å². The van der Waals surface area contributed by atoms with Crippen LogP contribution in [-0.4, -0.2) is 29.4 Å². The Kier molecular flexibility index (Phi) is 12.3. The Balaban J connectivity index is 1.04. The maximum atomic E-state index is 16.0. The summed E-state index contributed by atoms with van der Waals surface area (Å²) in [6.45, 7) is 10.1. The minimum Gasteiger partial charge on any atom is -0.407 e. The summed E-state index contributed by atoms with van der Waals surface area (Å²) in [5, 5.41) is 11.0. The second-order valence-corrected chi connectivity index (χ2v) is 28.9. The standard InChI is InChI=1S/C64H56N2O8P2S2/c1-42-22-30-49(31-23-42)77(67,68)65(75-71-55-34-26-44-14-6-10-18-51(44)59(55)60-52-19-11-7-15-45(52)27-35-56(60)72-75)41-64(5)39-48(38-63(3,4)40-64)66(78(69,70)50-32-24-43(2)25-33-50)76-73-57-36-28-46-16-8-12-20-53(46)61(57)62-54-21-13-9-17-47(54)29-37-58(62)74-76/h6-37,48H,38-41H2,1-5H3. The number of rotatable bonds is 9. The van der Waals surface area contributed by atoms with Crippen molar-refractivity contribution in [3.63, 3.8) is 0 Å². The Morgan fingerprint density at radius 1 is 0.436 bits per heavy atom. The molecule has 0 bridgehead atoms. The summed E-state index contributed by atoms with van der Waals surface area (Å²) in [7, 11) is -13.8. The number of benzene rings is 10. The van der Waals surface area contributed by atoms with Crippen molar-refractivity contribution in [3.05, 3.63) is 205 Å². The van der Waals surface area contributed by atoms with Crippen molar-refractivity contribution in [3.8, 4) is 0 Å². The molecule has 0 amide bonds. The summed E-state index contributed by atoms with van der Waals surface area (Å²) in [6, 6.07) is 61.1. The number of hydrogen-bond acceptors (Lipinski definition) is 8. The first-order chi connectivity index (χ1) is 37.5. The molecule has 0 aliphatic heterocycles. The molecule has 0 N–H and O–H groups in total. The zero-order valence-corrected chi connectivity index (χ0v) is 47.2. The third-order valence-corrected chi connectivity index (χ3v) is 23.4. The number of aryl methyl sites for hydroxylation is 2. The Labute approximate surface area is 454 Å². The topological polar surface area (TPSA) is 127 Å². The Morgan fingerprint density at radius 3 is 1.17 bits per heavy atom. The monoisotopic (exact) mass is 1110 g/mol. The zero-order valence-electron chi connectivity index (χ0n) is 43.8. The van der Waals surface area contributed by atoms with Crippen LogP contribution in [0.15, 0.2) is 221 Å². The summed E-state index contributed by atoms with van der Waals surface area (Å²) in [5.74, 6) is 0. The smallest absolute Gasteiger partial charge is 0.324 e. The van der Waals surface area contributed by atoms with Crippen molar-refractivity contribution in [2.45, 2.75) is 69.7 Å². The van der Waals surface area contributed by atoms with Gasteiger partial charge in [-0.05, 0) is 136 Å². The molecular formula is C64H56N2O8P2S2. The number of hydrogen-bond donors (Lipinski definition) is 0. The van der Waals surface area contributed by atoms with Crippen LogP contribution in [0.4, 0.5) is 0 Å². The van der Waals surface area contributed by atoms with Crippen molar-refractivity contribution >= 4 is 123 Å². The molecule has 10 aromatic carbocycles. The molecule has 2 heterocycles. The Bertz CT molecular complexity index is 4520. The molecule has 1 saturated carbocycles. The minimum atomic E-state index is -4.42. The molecule has 1 fully saturated rings. The summed E-state index contributed by atoms with van der Waals surface area (Å²) in [4.78, 5) is 0.184. The minimum absolute atomic E-state index is 0.0810. The third-order valence-electron chi connectivity index (χ3n) is 15.5. The molecule has 0 saturated heterocycles. The first-order valence-corrected chi connectivity index (χ1v) is 31.3. The van der Waals surface area contributed by atoms with Crippen molar-refractivity contribution < 1.29 is 33.6 Å². The lowest BCUT2D eigenvalue weighted by molar-refractivity contribution is 0.0946. The van der Waals surface area contributed by atoms with Gasteiger partial charge in [-0.2, -0.15) is 0 Å². The molecule has 10 nitrogen and oxygen atoms in total. The second-order valence-electron chi connectivity index (χ2n) is 22.1. The van der Waals surface area contributed by atoms with Crippen molar-refractivity contribution in [1.82, 2.24) is 0 Å². The van der Waals surface area contributed by atoms with Gasteiger partial charge < -0.3 is 16.8 Å². The quantitative estimate of drug-likeness (QED) is 0.140. The van der Waals surface area contributed by atoms with E-state index in [4.69, 9.17) is 16.8 Å². The Morgan fingerprint density at radius 2 is 0.782 bits per heavy atom. The largest absolute Gasteiger partial charge is 0.407 e. The number of fused-ring (bicyclic) bond motifs is 14.